The Bertz CT molecular complexity index is 752. The Labute approximate surface area is 156 Å². The molecule has 1 aliphatic rings. The third kappa shape index (κ3) is 5.25. The Morgan fingerprint density at radius 1 is 1.11 bits per heavy atom. The van der Waals surface area contributed by atoms with E-state index >= 15 is 0 Å². The highest BCUT2D eigenvalue weighted by Crippen LogP contribution is 2.21. The Balaban J connectivity index is 2.08. The topological polar surface area (TPSA) is 116 Å². The number of carbonyl (C=O) groups excluding carboxylic acids is 3. The lowest BCUT2D eigenvalue weighted by Gasteiger charge is -2.34. The summed E-state index contributed by atoms with van der Waals surface area (Å²) in [6.07, 6.45) is 1.04. The maximum Gasteiger partial charge on any atom is 0.338 e. The van der Waals surface area contributed by atoms with Crippen LogP contribution >= 0.6 is 0 Å². The quantitative estimate of drug-likeness (QED) is 0.437. The maximum atomic E-state index is 12.3. The smallest absolute Gasteiger partial charge is 0.338 e. The van der Waals surface area contributed by atoms with Crippen LogP contribution in [0.5, 0.6) is 0 Å². The molecular weight excluding hydrogens is 356 g/mol. The number of esters is 2. The van der Waals surface area contributed by atoms with Gasteiger partial charge in [-0.1, -0.05) is 13.8 Å². The Morgan fingerprint density at radius 3 is 2.19 bits per heavy atom. The van der Waals surface area contributed by atoms with Gasteiger partial charge in [0.05, 0.1) is 23.2 Å². The number of benzene rings is 1. The summed E-state index contributed by atoms with van der Waals surface area (Å²) in [4.78, 5) is 48.1. The van der Waals surface area contributed by atoms with Crippen molar-refractivity contribution in [3.63, 3.8) is 0 Å². The molecule has 1 aromatic carbocycles. The molecule has 9 nitrogen and oxygen atoms in total. The molecule has 1 fully saturated rings. The minimum Gasteiger partial charge on any atom is -0.465 e. The molecule has 27 heavy (non-hydrogen) atoms. The second kappa shape index (κ2) is 8.61. The van der Waals surface area contributed by atoms with E-state index in [1.807, 2.05) is 0 Å². The van der Waals surface area contributed by atoms with Gasteiger partial charge in [-0.05, 0) is 24.3 Å². The second-order valence-corrected chi connectivity index (χ2v) is 6.84. The zero-order chi connectivity index (χ0) is 20.1. The van der Waals surface area contributed by atoms with Gasteiger partial charge in [-0.25, -0.2) is 9.59 Å². The summed E-state index contributed by atoms with van der Waals surface area (Å²) in [5.41, 5.74) is -0.795. The first-order valence-corrected chi connectivity index (χ1v) is 8.54. The molecule has 146 valence electrons. The van der Waals surface area contributed by atoms with Gasteiger partial charge in [-0.2, -0.15) is 0 Å². The molecule has 1 amide bonds. The highest BCUT2D eigenvalue weighted by atomic mass is 16.6. The summed E-state index contributed by atoms with van der Waals surface area (Å²) in [6.45, 7) is 4.85. The molecule has 0 N–H and O–H groups in total. The normalized spacial score (nSPS) is 19.3. The van der Waals surface area contributed by atoms with Crippen LogP contribution in [0.25, 0.3) is 0 Å². The Hall–Kier alpha value is -2.97. The molecule has 2 unspecified atom stereocenters. The molecule has 0 bridgehead atoms. The number of ether oxygens (including phenoxy) is 2. The van der Waals surface area contributed by atoms with Gasteiger partial charge in [0.1, 0.15) is 0 Å². The monoisotopic (exact) mass is 378 g/mol. The van der Waals surface area contributed by atoms with E-state index < -0.39 is 29.2 Å². The van der Waals surface area contributed by atoms with Gasteiger partial charge in [0.15, 0.2) is 6.61 Å². The molecule has 9 heteroatoms. The van der Waals surface area contributed by atoms with E-state index in [0.29, 0.717) is 24.9 Å². The third-order valence-electron chi connectivity index (χ3n) is 4.33. The lowest BCUT2D eigenvalue weighted by molar-refractivity contribution is -0.384. The number of hydrogen-bond acceptors (Lipinski definition) is 7. The third-order valence-corrected chi connectivity index (χ3v) is 4.33. The van der Waals surface area contributed by atoms with E-state index in [2.05, 4.69) is 18.6 Å². The number of nitro benzene ring substituents is 1. The van der Waals surface area contributed by atoms with Crippen molar-refractivity contribution in [1.29, 1.82) is 0 Å². The molecule has 1 aliphatic heterocycles. The molecule has 1 saturated heterocycles. The standard InChI is InChI=1S/C18H22N2O7/c1-11-4-12(2)9-19(8-11)16(21)10-27-18(23)14-5-13(17(22)26-3)6-15(7-14)20(24)25/h5-7,11-12H,4,8-10H2,1-3H3. The number of methoxy groups -OCH3 is 1. The van der Waals surface area contributed by atoms with E-state index in [4.69, 9.17) is 4.74 Å². The largest absolute Gasteiger partial charge is 0.465 e. The lowest BCUT2D eigenvalue weighted by Crippen LogP contribution is -2.44. The van der Waals surface area contributed by atoms with Crippen LogP contribution in [0, 0.1) is 22.0 Å². The number of rotatable bonds is 5. The predicted molar refractivity (Wildman–Crippen MR) is 94.2 cm³/mol. The van der Waals surface area contributed by atoms with Crippen molar-refractivity contribution in [1.82, 2.24) is 4.90 Å². The molecule has 1 aromatic rings. The molecule has 1 heterocycles. The van der Waals surface area contributed by atoms with Gasteiger partial charge < -0.3 is 14.4 Å². The van der Waals surface area contributed by atoms with Crippen LogP contribution < -0.4 is 0 Å². The van der Waals surface area contributed by atoms with E-state index in [9.17, 15) is 24.5 Å². The van der Waals surface area contributed by atoms with Crippen LogP contribution in [0.15, 0.2) is 18.2 Å². The number of nitro groups is 1. The lowest BCUT2D eigenvalue weighted by atomic mass is 9.92. The molecule has 0 radical (unpaired) electrons. The zero-order valence-corrected chi connectivity index (χ0v) is 15.5. The fourth-order valence-corrected chi connectivity index (χ4v) is 3.24. The summed E-state index contributed by atoms with van der Waals surface area (Å²) >= 11 is 0. The number of carbonyl (C=O) groups is 3. The maximum absolute atomic E-state index is 12.3. The molecule has 0 aliphatic carbocycles. The van der Waals surface area contributed by atoms with Crippen molar-refractivity contribution in [3.8, 4) is 0 Å². The highest BCUT2D eigenvalue weighted by molar-refractivity contribution is 5.97. The SMILES string of the molecule is COC(=O)c1cc(C(=O)OCC(=O)N2CC(C)CC(C)C2)cc([N+](=O)[O-])c1. The van der Waals surface area contributed by atoms with Crippen LogP contribution in [0.1, 0.15) is 41.0 Å². The number of amides is 1. The second-order valence-electron chi connectivity index (χ2n) is 6.84. The van der Waals surface area contributed by atoms with E-state index in [1.54, 1.807) is 4.90 Å². The molecule has 2 atom stereocenters. The number of hydrogen-bond donors (Lipinski definition) is 0. The van der Waals surface area contributed by atoms with Gasteiger partial charge in [0, 0.05) is 25.2 Å². The van der Waals surface area contributed by atoms with Gasteiger partial charge in [-0.15, -0.1) is 0 Å². The summed E-state index contributed by atoms with van der Waals surface area (Å²) in [7, 11) is 1.12. The van der Waals surface area contributed by atoms with Crippen LogP contribution in [0.3, 0.4) is 0 Å². The number of nitrogens with zero attached hydrogens (tertiary/aromatic N) is 2. The number of likely N-dealkylation sites (tertiary alicyclic amines) is 1. The summed E-state index contributed by atoms with van der Waals surface area (Å²) in [5.74, 6) is -1.32. The van der Waals surface area contributed by atoms with Crippen molar-refractivity contribution in [2.45, 2.75) is 20.3 Å². The van der Waals surface area contributed by atoms with E-state index in [-0.39, 0.29) is 17.0 Å². The van der Waals surface area contributed by atoms with Crippen LogP contribution in [0.4, 0.5) is 5.69 Å². The summed E-state index contributed by atoms with van der Waals surface area (Å²) in [6, 6.07) is 3.13. The van der Waals surface area contributed by atoms with Crippen molar-refractivity contribution in [3.05, 3.63) is 39.4 Å². The predicted octanol–water partition coefficient (Wildman–Crippen LogP) is 2.04. The van der Waals surface area contributed by atoms with Gasteiger partial charge >= 0.3 is 11.9 Å². The fourth-order valence-electron chi connectivity index (χ4n) is 3.24. The first-order chi connectivity index (χ1) is 12.7. The minimum absolute atomic E-state index is 0.149. The van der Waals surface area contributed by atoms with Crippen molar-refractivity contribution < 1.29 is 28.8 Å². The van der Waals surface area contributed by atoms with Crippen LogP contribution in [0.2, 0.25) is 0 Å². The fraction of sp³-hybridized carbons (Fsp3) is 0.500. The van der Waals surface area contributed by atoms with Crippen molar-refractivity contribution in [2.24, 2.45) is 11.8 Å². The molecule has 0 saturated carbocycles. The van der Waals surface area contributed by atoms with E-state index in [0.717, 1.165) is 31.7 Å². The summed E-state index contributed by atoms with van der Waals surface area (Å²) < 4.78 is 9.54. The first kappa shape index (κ1) is 20.3. The van der Waals surface area contributed by atoms with Crippen molar-refractivity contribution in [2.75, 3.05) is 26.8 Å². The molecule has 0 spiro atoms. The Morgan fingerprint density at radius 2 is 1.67 bits per heavy atom. The average Bonchev–Trinajstić information content (AvgIpc) is 2.63. The highest BCUT2D eigenvalue weighted by Gasteiger charge is 2.26. The average molecular weight is 378 g/mol. The molecular formula is C18H22N2O7. The minimum atomic E-state index is -0.921. The van der Waals surface area contributed by atoms with Crippen LogP contribution in [-0.2, 0) is 14.3 Å². The van der Waals surface area contributed by atoms with Crippen molar-refractivity contribution >= 4 is 23.5 Å². The summed E-state index contributed by atoms with van der Waals surface area (Å²) in [5, 5.41) is 11.0. The number of non-ortho nitro benzene ring substituents is 1. The van der Waals surface area contributed by atoms with Gasteiger partial charge in [0.25, 0.3) is 11.6 Å². The zero-order valence-electron chi connectivity index (χ0n) is 15.5. The van der Waals surface area contributed by atoms with E-state index in [1.165, 1.54) is 0 Å². The van der Waals surface area contributed by atoms with Gasteiger partial charge in [0.2, 0.25) is 0 Å². The van der Waals surface area contributed by atoms with Gasteiger partial charge in [-0.3, -0.25) is 14.9 Å². The number of piperidine rings is 1. The Kier molecular flexibility index (Phi) is 6.49. The molecule has 2 rings (SSSR count). The molecule has 0 aromatic heterocycles. The van der Waals surface area contributed by atoms with Crippen LogP contribution in [-0.4, -0.2) is 54.5 Å². The first-order valence-electron chi connectivity index (χ1n) is 8.54.